The van der Waals surface area contributed by atoms with Crippen LogP contribution in [0, 0.1) is 5.92 Å². The van der Waals surface area contributed by atoms with Gasteiger partial charge in [-0.3, -0.25) is 9.59 Å². The molecule has 0 saturated heterocycles. The number of nitrogens with one attached hydrogen (secondary N) is 2. The fourth-order valence-corrected chi connectivity index (χ4v) is 3.82. The molecule has 2 saturated carbocycles. The maximum Gasteiger partial charge on any atom is 0.406 e. The Labute approximate surface area is 161 Å². The van der Waals surface area contributed by atoms with Gasteiger partial charge in [-0.1, -0.05) is 0 Å². The van der Waals surface area contributed by atoms with E-state index in [9.17, 15) is 14.4 Å². The first kappa shape index (κ1) is 21.5. The summed E-state index contributed by atoms with van der Waals surface area (Å²) in [6, 6.07) is 0.0819. The van der Waals surface area contributed by atoms with Crippen LogP contribution >= 0.6 is 0 Å². The number of ether oxygens (including phenoxy) is 1. The first-order valence-electron chi connectivity index (χ1n) is 10.1. The van der Waals surface area contributed by atoms with E-state index < -0.39 is 12.1 Å². The average molecular weight is 383 g/mol. The number of hydrogen-bond acceptors (Lipinski definition) is 5. The Morgan fingerprint density at radius 3 is 2.37 bits per heavy atom. The molecule has 0 aromatic heterocycles. The van der Waals surface area contributed by atoms with Crippen LogP contribution in [-0.4, -0.2) is 61.6 Å². The monoisotopic (exact) mass is 382 g/mol. The number of rotatable bonds is 8. The minimum atomic E-state index is -0.484. The summed E-state index contributed by atoms with van der Waals surface area (Å²) in [5.74, 6) is 0.248. The molecular weight excluding hydrogens is 348 g/mol. The molecule has 3 amide bonds. The van der Waals surface area contributed by atoms with Gasteiger partial charge in [-0.05, 0) is 57.3 Å². The fraction of sp³-hybridized carbons (Fsp3) is 0.842. The van der Waals surface area contributed by atoms with Crippen molar-refractivity contribution in [3.8, 4) is 0 Å². The second kappa shape index (κ2) is 10.5. The second-order valence-corrected chi connectivity index (χ2v) is 7.76. The van der Waals surface area contributed by atoms with Gasteiger partial charge in [0, 0.05) is 32.1 Å². The molecule has 8 nitrogen and oxygen atoms in total. The Morgan fingerprint density at radius 2 is 1.81 bits per heavy atom. The molecule has 1 atom stereocenters. The molecule has 0 heterocycles. The summed E-state index contributed by atoms with van der Waals surface area (Å²) in [4.78, 5) is 37.3. The van der Waals surface area contributed by atoms with Crippen LogP contribution in [0.3, 0.4) is 0 Å². The van der Waals surface area contributed by atoms with Gasteiger partial charge in [0.25, 0.3) is 0 Å². The molecule has 8 heteroatoms. The van der Waals surface area contributed by atoms with Crippen LogP contribution in [0.4, 0.5) is 4.79 Å². The second-order valence-electron chi connectivity index (χ2n) is 7.76. The Bertz CT molecular complexity index is 516. The van der Waals surface area contributed by atoms with Crippen LogP contribution in [0.1, 0.15) is 57.8 Å². The Balaban J connectivity index is 1.63. The number of nitrogens with zero attached hydrogens (tertiary/aromatic N) is 1. The van der Waals surface area contributed by atoms with Gasteiger partial charge < -0.3 is 26.0 Å². The van der Waals surface area contributed by atoms with Gasteiger partial charge in [0.05, 0.1) is 13.2 Å². The third-order valence-electron chi connectivity index (χ3n) is 5.94. The van der Waals surface area contributed by atoms with Gasteiger partial charge in [0.2, 0.25) is 11.8 Å². The van der Waals surface area contributed by atoms with Gasteiger partial charge in [-0.25, -0.2) is 4.79 Å². The molecule has 2 fully saturated rings. The maximum atomic E-state index is 12.5. The Morgan fingerprint density at radius 1 is 1.15 bits per heavy atom. The van der Waals surface area contributed by atoms with Gasteiger partial charge in [-0.2, -0.15) is 0 Å². The number of carbonyl (C=O) groups is 3. The van der Waals surface area contributed by atoms with E-state index in [1.165, 1.54) is 13.5 Å². The molecule has 4 N–H and O–H groups in total. The van der Waals surface area contributed by atoms with E-state index in [2.05, 4.69) is 15.4 Å². The Hall–Kier alpha value is -1.83. The van der Waals surface area contributed by atoms with Crippen LogP contribution < -0.4 is 16.4 Å². The summed E-state index contributed by atoms with van der Waals surface area (Å²) < 4.78 is 4.47. The predicted molar refractivity (Wildman–Crippen MR) is 102 cm³/mol. The third kappa shape index (κ3) is 6.37. The highest BCUT2D eigenvalue weighted by Gasteiger charge is 2.34. The molecule has 0 aromatic carbocycles. The number of hydrogen-bond donors (Lipinski definition) is 3. The van der Waals surface area contributed by atoms with Crippen LogP contribution in [0.5, 0.6) is 0 Å². The molecule has 27 heavy (non-hydrogen) atoms. The van der Waals surface area contributed by atoms with Crippen molar-refractivity contribution >= 4 is 17.9 Å². The minimum absolute atomic E-state index is 0.00444. The lowest BCUT2D eigenvalue weighted by Gasteiger charge is -2.38. The highest BCUT2D eigenvalue weighted by Crippen LogP contribution is 2.29. The van der Waals surface area contributed by atoms with Crippen LogP contribution in [0.2, 0.25) is 0 Å². The van der Waals surface area contributed by atoms with E-state index in [-0.39, 0.29) is 23.8 Å². The highest BCUT2D eigenvalue weighted by atomic mass is 16.5. The van der Waals surface area contributed by atoms with E-state index >= 15 is 0 Å². The number of nitrogens with two attached hydrogens (primary N) is 1. The molecule has 0 unspecified atom stereocenters. The van der Waals surface area contributed by atoms with Gasteiger partial charge in [0.1, 0.15) is 0 Å². The summed E-state index contributed by atoms with van der Waals surface area (Å²) >= 11 is 0. The van der Waals surface area contributed by atoms with Crippen molar-refractivity contribution in [2.75, 3.05) is 20.7 Å². The quantitative estimate of drug-likeness (QED) is 0.545. The summed E-state index contributed by atoms with van der Waals surface area (Å²) in [6.45, 7) is 0.415. The summed E-state index contributed by atoms with van der Waals surface area (Å²) in [5.41, 5.74) is 6.25. The van der Waals surface area contributed by atoms with Crippen molar-refractivity contribution in [3.05, 3.63) is 0 Å². The first-order chi connectivity index (χ1) is 12.9. The molecule has 2 rings (SSSR count). The number of amides is 3. The van der Waals surface area contributed by atoms with E-state index in [0.717, 1.165) is 38.5 Å². The lowest BCUT2D eigenvalue weighted by molar-refractivity contribution is -0.136. The maximum absolute atomic E-state index is 12.5. The summed E-state index contributed by atoms with van der Waals surface area (Å²) in [7, 11) is 3.18. The van der Waals surface area contributed by atoms with Gasteiger partial charge in [-0.15, -0.1) is 0 Å². The SMILES string of the molecule is COC(=O)NCCCC(=O)NC1CCC([C@H](N)C(=O)N(C)C2CCC2)CC1. The largest absolute Gasteiger partial charge is 0.453 e. The molecule has 0 spiro atoms. The minimum Gasteiger partial charge on any atom is -0.453 e. The molecule has 2 aliphatic rings. The first-order valence-corrected chi connectivity index (χ1v) is 10.1. The molecule has 0 radical (unpaired) electrons. The van der Waals surface area contributed by atoms with Crippen molar-refractivity contribution in [3.63, 3.8) is 0 Å². The number of alkyl carbamates (subject to hydrolysis) is 1. The Kier molecular flexibility index (Phi) is 8.34. The lowest BCUT2D eigenvalue weighted by Crippen LogP contribution is -2.52. The molecule has 0 aliphatic heterocycles. The van der Waals surface area contributed by atoms with Crippen molar-refractivity contribution in [2.45, 2.75) is 75.9 Å². The summed E-state index contributed by atoms with van der Waals surface area (Å²) in [6.07, 6.45) is 7.25. The molecule has 0 bridgehead atoms. The van der Waals surface area contributed by atoms with Crippen LogP contribution in [0.25, 0.3) is 0 Å². The van der Waals surface area contributed by atoms with Gasteiger partial charge >= 0.3 is 6.09 Å². The van der Waals surface area contributed by atoms with Crippen molar-refractivity contribution in [1.29, 1.82) is 0 Å². The molecule has 154 valence electrons. The number of likely N-dealkylation sites (N-methyl/N-ethyl adjacent to an activating group) is 1. The van der Waals surface area contributed by atoms with E-state index in [1.54, 1.807) is 0 Å². The molecule has 0 aromatic rings. The van der Waals surface area contributed by atoms with E-state index in [1.807, 2.05) is 11.9 Å². The van der Waals surface area contributed by atoms with Crippen molar-refractivity contribution in [1.82, 2.24) is 15.5 Å². The normalized spacial score (nSPS) is 23.7. The third-order valence-corrected chi connectivity index (χ3v) is 5.94. The van der Waals surface area contributed by atoms with Gasteiger partial charge in [0.15, 0.2) is 0 Å². The zero-order valence-corrected chi connectivity index (χ0v) is 16.5. The molecular formula is C19H34N4O4. The van der Waals surface area contributed by atoms with Crippen LogP contribution in [-0.2, 0) is 14.3 Å². The summed E-state index contributed by atoms with van der Waals surface area (Å²) in [5, 5.41) is 5.60. The zero-order chi connectivity index (χ0) is 19.8. The highest BCUT2D eigenvalue weighted by molar-refractivity contribution is 5.82. The lowest BCUT2D eigenvalue weighted by atomic mass is 9.81. The zero-order valence-electron chi connectivity index (χ0n) is 16.5. The van der Waals surface area contributed by atoms with E-state index in [0.29, 0.717) is 25.4 Å². The van der Waals surface area contributed by atoms with Crippen molar-refractivity contribution < 1.29 is 19.1 Å². The average Bonchev–Trinajstić information content (AvgIpc) is 2.63. The molecule has 2 aliphatic carbocycles. The van der Waals surface area contributed by atoms with E-state index in [4.69, 9.17) is 5.73 Å². The number of methoxy groups -OCH3 is 1. The smallest absolute Gasteiger partial charge is 0.406 e. The predicted octanol–water partition coefficient (Wildman–Crippen LogP) is 1.14. The topological polar surface area (TPSA) is 114 Å². The van der Waals surface area contributed by atoms with Crippen LogP contribution in [0.15, 0.2) is 0 Å². The standard InChI is InChI=1S/C19H34N4O4/c1-23(15-5-3-6-15)18(25)17(20)13-8-10-14(11-9-13)22-16(24)7-4-12-21-19(26)27-2/h13-15,17H,3-12,20H2,1-2H3,(H,21,26)(H,22,24)/t13?,14?,17-/m0/s1. The van der Waals surface area contributed by atoms with Crippen molar-refractivity contribution in [2.24, 2.45) is 11.7 Å². The fourth-order valence-electron chi connectivity index (χ4n) is 3.82. The number of carbonyl (C=O) groups excluding carboxylic acids is 3.